The second-order valence-corrected chi connectivity index (χ2v) is 4.42. The van der Waals surface area contributed by atoms with Gasteiger partial charge in [0.25, 0.3) is 0 Å². The Morgan fingerprint density at radius 1 is 1.56 bits per heavy atom. The fourth-order valence-electron chi connectivity index (χ4n) is 1.96. The van der Waals surface area contributed by atoms with Crippen LogP contribution in [0.4, 0.5) is 0 Å². The van der Waals surface area contributed by atoms with Crippen molar-refractivity contribution in [3.8, 4) is 0 Å². The van der Waals surface area contributed by atoms with E-state index in [1.807, 2.05) is 6.07 Å². The minimum absolute atomic E-state index is 0.300. The van der Waals surface area contributed by atoms with E-state index in [-0.39, 0.29) is 0 Å². The third-order valence-corrected chi connectivity index (χ3v) is 2.90. The molecule has 0 spiro atoms. The summed E-state index contributed by atoms with van der Waals surface area (Å²) < 4.78 is 11.1. The number of nitrogens with zero attached hydrogens (tertiary/aromatic N) is 1. The third kappa shape index (κ3) is 3.07. The highest BCUT2D eigenvalue weighted by molar-refractivity contribution is 5.14. The molecule has 0 amide bonds. The van der Waals surface area contributed by atoms with Crippen LogP contribution in [0.25, 0.3) is 0 Å². The van der Waals surface area contributed by atoms with Crippen molar-refractivity contribution in [2.75, 3.05) is 33.3 Å². The average molecular weight is 224 g/mol. The zero-order valence-corrected chi connectivity index (χ0v) is 10.0. The van der Waals surface area contributed by atoms with Crippen LogP contribution in [0, 0.1) is 6.92 Å². The van der Waals surface area contributed by atoms with Crippen LogP contribution in [0.1, 0.15) is 11.3 Å². The minimum atomic E-state index is 0.300. The lowest BCUT2D eigenvalue weighted by atomic mass is 10.2. The van der Waals surface area contributed by atoms with E-state index in [2.05, 4.69) is 24.2 Å². The topological polar surface area (TPSA) is 37.6 Å². The maximum Gasteiger partial charge on any atom is 0.120 e. The second kappa shape index (κ2) is 5.48. The zero-order chi connectivity index (χ0) is 11.4. The molecule has 1 saturated heterocycles. The number of nitrogens with one attached hydrogen (secondary N) is 1. The number of aryl methyl sites for hydroxylation is 1. The average Bonchev–Trinajstić information content (AvgIpc) is 2.66. The molecule has 90 valence electrons. The molecule has 16 heavy (non-hydrogen) atoms. The van der Waals surface area contributed by atoms with Crippen LogP contribution >= 0.6 is 0 Å². The summed E-state index contributed by atoms with van der Waals surface area (Å²) in [4.78, 5) is 2.24. The van der Waals surface area contributed by atoms with Gasteiger partial charge in [0.2, 0.25) is 0 Å². The summed E-state index contributed by atoms with van der Waals surface area (Å²) >= 11 is 0. The number of hydrogen-bond acceptors (Lipinski definition) is 4. The number of hydrogen-bond donors (Lipinski definition) is 1. The Bertz CT molecular complexity index is 319. The lowest BCUT2D eigenvalue weighted by Crippen LogP contribution is -2.44. The van der Waals surface area contributed by atoms with Gasteiger partial charge in [0.1, 0.15) is 5.76 Å². The van der Waals surface area contributed by atoms with Gasteiger partial charge in [-0.25, -0.2) is 0 Å². The van der Waals surface area contributed by atoms with Gasteiger partial charge in [-0.15, -0.1) is 0 Å². The first-order valence-corrected chi connectivity index (χ1v) is 5.79. The third-order valence-electron chi connectivity index (χ3n) is 2.90. The second-order valence-electron chi connectivity index (χ2n) is 4.42. The van der Waals surface area contributed by atoms with Gasteiger partial charge in [-0.3, -0.25) is 4.90 Å². The van der Waals surface area contributed by atoms with E-state index >= 15 is 0 Å². The first-order chi connectivity index (χ1) is 7.75. The molecular weight excluding hydrogens is 204 g/mol. The first kappa shape index (κ1) is 11.6. The summed E-state index contributed by atoms with van der Waals surface area (Å²) in [6.45, 7) is 6.59. The molecule has 1 fully saturated rings. The van der Waals surface area contributed by atoms with Gasteiger partial charge >= 0.3 is 0 Å². The van der Waals surface area contributed by atoms with Crippen LogP contribution in [-0.2, 0) is 11.3 Å². The van der Waals surface area contributed by atoms with E-state index in [0.29, 0.717) is 6.10 Å². The molecule has 0 radical (unpaired) electrons. The lowest BCUT2D eigenvalue weighted by Gasteiger charge is -2.27. The highest BCUT2D eigenvalue weighted by atomic mass is 16.5. The summed E-state index contributed by atoms with van der Waals surface area (Å²) in [5.74, 6) is 1.05. The number of ether oxygens (including phenoxy) is 1. The fraction of sp³-hybridized carbons (Fsp3) is 0.667. The maximum atomic E-state index is 5.66. The van der Waals surface area contributed by atoms with Crippen LogP contribution in [0.15, 0.2) is 16.7 Å². The molecule has 0 bridgehead atoms. The van der Waals surface area contributed by atoms with Crippen molar-refractivity contribution in [2.45, 2.75) is 19.6 Å². The Hall–Kier alpha value is -0.840. The number of rotatable bonds is 4. The van der Waals surface area contributed by atoms with Gasteiger partial charge in [-0.1, -0.05) is 0 Å². The molecule has 0 saturated carbocycles. The Balaban J connectivity index is 1.79. The van der Waals surface area contributed by atoms with Gasteiger partial charge in [-0.2, -0.15) is 0 Å². The molecule has 1 atom stereocenters. The Labute approximate surface area is 96.6 Å². The van der Waals surface area contributed by atoms with E-state index in [0.717, 1.165) is 38.5 Å². The molecule has 2 rings (SSSR count). The van der Waals surface area contributed by atoms with Crippen molar-refractivity contribution >= 4 is 0 Å². The molecule has 1 aliphatic rings. The summed E-state index contributed by atoms with van der Waals surface area (Å²) in [5.41, 5.74) is 1.22. The molecule has 4 nitrogen and oxygen atoms in total. The van der Waals surface area contributed by atoms with Crippen LogP contribution < -0.4 is 5.32 Å². The molecule has 1 aromatic rings. The molecule has 0 aromatic carbocycles. The molecule has 2 heterocycles. The van der Waals surface area contributed by atoms with Crippen molar-refractivity contribution in [1.29, 1.82) is 0 Å². The quantitative estimate of drug-likeness (QED) is 0.828. The smallest absolute Gasteiger partial charge is 0.120 e. The first-order valence-electron chi connectivity index (χ1n) is 5.79. The highest BCUT2D eigenvalue weighted by Crippen LogP contribution is 2.11. The van der Waals surface area contributed by atoms with Gasteiger partial charge in [-0.05, 0) is 25.6 Å². The molecule has 0 aliphatic carbocycles. The van der Waals surface area contributed by atoms with E-state index < -0.39 is 0 Å². The van der Waals surface area contributed by atoms with E-state index in [4.69, 9.17) is 9.15 Å². The highest BCUT2D eigenvalue weighted by Gasteiger charge is 2.16. The summed E-state index contributed by atoms with van der Waals surface area (Å²) in [7, 11) is 2.10. The predicted molar refractivity (Wildman–Crippen MR) is 62.4 cm³/mol. The maximum absolute atomic E-state index is 5.66. The van der Waals surface area contributed by atoms with E-state index in [1.165, 1.54) is 5.56 Å². The zero-order valence-electron chi connectivity index (χ0n) is 10.0. The molecule has 1 unspecified atom stereocenters. The van der Waals surface area contributed by atoms with Crippen molar-refractivity contribution in [3.63, 3.8) is 0 Å². The predicted octanol–water partition coefficient (Wildman–Crippen LogP) is 1.01. The molecule has 4 heteroatoms. The van der Waals surface area contributed by atoms with Crippen LogP contribution in [-0.4, -0.2) is 44.3 Å². The summed E-state index contributed by atoms with van der Waals surface area (Å²) in [5, 5.41) is 3.34. The standard InChI is InChI=1S/C12H20N2O2/c1-10-3-5-16-12(10)9-14(2)8-11-7-13-4-6-15-11/h3,5,11,13H,4,6-9H2,1-2H3. The van der Waals surface area contributed by atoms with Crippen molar-refractivity contribution in [1.82, 2.24) is 10.2 Å². The fourth-order valence-corrected chi connectivity index (χ4v) is 1.96. The van der Waals surface area contributed by atoms with Crippen LogP contribution in [0.3, 0.4) is 0 Å². The summed E-state index contributed by atoms with van der Waals surface area (Å²) in [6.07, 6.45) is 2.05. The van der Waals surface area contributed by atoms with Crippen molar-refractivity contribution in [2.24, 2.45) is 0 Å². The molecule has 1 aromatic heterocycles. The van der Waals surface area contributed by atoms with E-state index in [9.17, 15) is 0 Å². The monoisotopic (exact) mass is 224 g/mol. The van der Waals surface area contributed by atoms with Gasteiger partial charge in [0.05, 0.1) is 25.5 Å². The van der Waals surface area contributed by atoms with Crippen LogP contribution in [0.2, 0.25) is 0 Å². The Morgan fingerprint density at radius 2 is 2.44 bits per heavy atom. The summed E-state index contributed by atoms with van der Waals surface area (Å²) in [6, 6.07) is 2.00. The van der Waals surface area contributed by atoms with Crippen LogP contribution in [0.5, 0.6) is 0 Å². The Kier molecular flexibility index (Phi) is 3.98. The minimum Gasteiger partial charge on any atom is -0.468 e. The van der Waals surface area contributed by atoms with E-state index in [1.54, 1.807) is 6.26 Å². The number of likely N-dealkylation sites (N-methyl/N-ethyl adjacent to an activating group) is 1. The molecule has 1 N–H and O–H groups in total. The SMILES string of the molecule is Cc1ccoc1CN(C)CC1CNCCO1. The van der Waals surface area contributed by atoms with Gasteiger partial charge in [0.15, 0.2) is 0 Å². The van der Waals surface area contributed by atoms with Gasteiger partial charge in [0, 0.05) is 19.6 Å². The van der Waals surface area contributed by atoms with Crippen molar-refractivity contribution in [3.05, 3.63) is 23.7 Å². The lowest BCUT2D eigenvalue weighted by molar-refractivity contribution is 0.00793. The normalized spacial score (nSPS) is 21.6. The van der Waals surface area contributed by atoms with Gasteiger partial charge < -0.3 is 14.5 Å². The molecular formula is C12H20N2O2. The molecule has 1 aliphatic heterocycles. The number of morpholine rings is 1. The number of furan rings is 1. The largest absolute Gasteiger partial charge is 0.468 e. The Morgan fingerprint density at radius 3 is 3.06 bits per heavy atom. The van der Waals surface area contributed by atoms with Crippen molar-refractivity contribution < 1.29 is 9.15 Å².